The minimum atomic E-state index is -0.121. The molecule has 3 N–H and O–H groups in total. The summed E-state index contributed by atoms with van der Waals surface area (Å²) in [7, 11) is 1.71. The van der Waals surface area contributed by atoms with Crippen molar-refractivity contribution in [1.82, 2.24) is 5.32 Å². The van der Waals surface area contributed by atoms with Crippen molar-refractivity contribution in [3.8, 4) is 0 Å². The molecule has 0 aromatic heterocycles. The Hall–Kier alpha value is -1.75. The first-order valence-corrected chi connectivity index (χ1v) is 5.68. The summed E-state index contributed by atoms with van der Waals surface area (Å²) in [5.41, 5.74) is 8.16. The maximum Gasteiger partial charge on any atom is 0.321 e. The minimum absolute atomic E-state index is 0.121. The number of fused-ring (bicyclic) bond motifs is 1. The molecule has 0 atom stereocenters. The Labute approximate surface area is 104 Å². The first kappa shape index (κ1) is 11.7. The van der Waals surface area contributed by atoms with Gasteiger partial charge in [-0.1, -0.05) is 6.07 Å². The number of nitrogens with zero attached hydrogens (tertiary/aromatic N) is 2. The lowest BCUT2D eigenvalue weighted by atomic mass is 10.1. The highest BCUT2D eigenvalue weighted by molar-refractivity contribution is 6.28. The molecule has 2 amide bonds. The summed E-state index contributed by atoms with van der Waals surface area (Å²) in [5.74, 6) is 0.544. The van der Waals surface area contributed by atoms with Crippen molar-refractivity contribution in [2.75, 3.05) is 17.8 Å². The molecule has 6 heteroatoms. The molecule has 0 radical (unpaired) electrons. The molecule has 17 heavy (non-hydrogen) atoms. The fourth-order valence-electron chi connectivity index (χ4n) is 1.68. The highest BCUT2D eigenvalue weighted by Crippen LogP contribution is 2.28. The second-order valence-electron chi connectivity index (χ2n) is 3.77. The van der Waals surface area contributed by atoms with Crippen LogP contribution in [0.2, 0.25) is 0 Å². The van der Waals surface area contributed by atoms with Gasteiger partial charge in [0.25, 0.3) is 0 Å². The fraction of sp³-hybridized carbons (Fsp3) is 0.273. The zero-order valence-corrected chi connectivity index (χ0v) is 10.2. The smallest absolute Gasteiger partial charge is 0.321 e. The fourth-order valence-corrected chi connectivity index (χ4v) is 1.74. The zero-order valence-electron chi connectivity index (χ0n) is 9.40. The summed E-state index contributed by atoms with van der Waals surface area (Å²) in [4.78, 5) is 17.2. The van der Waals surface area contributed by atoms with E-state index in [4.69, 9.17) is 17.3 Å². The van der Waals surface area contributed by atoms with Crippen LogP contribution in [-0.4, -0.2) is 24.8 Å². The second kappa shape index (κ2) is 4.63. The first-order chi connectivity index (χ1) is 8.11. The van der Waals surface area contributed by atoms with E-state index in [9.17, 15) is 4.79 Å². The quantitative estimate of drug-likeness (QED) is 0.477. The molecule has 0 fully saturated rings. The van der Waals surface area contributed by atoms with Crippen LogP contribution in [0.5, 0.6) is 0 Å². The van der Waals surface area contributed by atoms with Crippen LogP contribution in [0.4, 0.5) is 16.2 Å². The van der Waals surface area contributed by atoms with Crippen LogP contribution in [0.15, 0.2) is 23.2 Å². The number of benzene rings is 1. The summed E-state index contributed by atoms with van der Waals surface area (Å²) in [6.45, 7) is 0.535. The Morgan fingerprint density at radius 2 is 2.41 bits per heavy atom. The summed E-state index contributed by atoms with van der Waals surface area (Å²) >= 11 is 5.57. The lowest BCUT2D eigenvalue weighted by molar-refractivity contribution is 0.246. The van der Waals surface area contributed by atoms with Gasteiger partial charge in [-0.05, 0) is 17.7 Å². The predicted molar refractivity (Wildman–Crippen MR) is 69.1 cm³/mol. The molecule has 2 rings (SSSR count). The molecule has 0 spiro atoms. The van der Waals surface area contributed by atoms with E-state index < -0.39 is 0 Å². The molecule has 0 aliphatic carbocycles. The van der Waals surface area contributed by atoms with Gasteiger partial charge >= 0.3 is 6.03 Å². The van der Waals surface area contributed by atoms with Gasteiger partial charge < -0.3 is 11.1 Å². The molecule has 1 aromatic rings. The Morgan fingerprint density at radius 1 is 1.65 bits per heavy atom. The van der Waals surface area contributed by atoms with Crippen molar-refractivity contribution in [3.63, 3.8) is 0 Å². The maximum absolute atomic E-state index is 11.5. The highest BCUT2D eigenvalue weighted by Gasteiger charge is 2.20. The Kier molecular flexibility index (Phi) is 3.19. The molecular weight excluding hydrogens is 240 g/mol. The number of hydrogen-bond acceptors (Lipinski definition) is 2. The molecule has 1 heterocycles. The van der Waals surface area contributed by atoms with Crippen molar-refractivity contribution in [3.05, 3.63) is 23.8 Å². The number of carbonyl (C=O) groups is 1. The van der Waals surface area contributed by atoms with E-state index in [1.54, 1.807) is 11.9 Å². The zero-order chi connectivity index (χ0) is 12.4. The standard InChI is InChI=1S/C11H13ClN4O/c1-16-9-4-8(15-10(13)5-12)3-2-7(9)6-14-11(16)17/h2-4H,5-6H2,1H3,(H2,13,15)(H,14,17). The van der Waals surface area contributed by atoms with Crippen LogP contribution in [-0.2, 0) is 6.54 Å². The van der Waals surface area contributed by atoms with E-state index >= 15 is 0 Å². The van der Waals surface area contributed by atoms with E-state index in [1.807, 2.05) is 18.2 Å². The van der Waals surface area contributed by atoms with Crippen molar-refractivity contribution in [1.29, 1.82) is 0 Å². The molecular formula is C11H13ClN4O. The number of urea groups is 1. The number of aliphatic imine (C=N–C) groups is 1. The van der Waals surface area contributed by atoms with E-state index in [0.717, 1.165) is 11.3 Å². The van der Waals surface area contributed by atoms with E-state index in [2.05, 4.69) is 10.3 Å². The third kappa shape index (κ3) is 2.34. The van der Waals surface area contributed by atoms with Gasteiger partial charge in [0.2, 0.25) is 0 Å². The summed E-state index contributed by atoms with van der Waals surface area (Å²) in [6.07, 6.45) is 0. The highest BCUT2D eigenvalue weighted by atomic mass is 35.5. The molecule has 1 aromatic carbocycles. The molecule has 5 nitrogen and oxygen atoms in total. The van der Waals surface area contributed by atoms with Crippen LogP contribution < -0.4 is 16.0 Å². The van der Waals surface area contributed by atoms with Gasteiger partial charge in [0.1, 0.15) is 5.84 Å². The molecule has 0 saturated heterocycles. The largest absolute Gasteiger partial charge is 0.386 e. The number of amides is 2. The van der Waals surface area contributed by atoms with Gasteiger partial charge in [0.05, 0.1) is 17.3 Å². The van der Waals surface area contributed by atoms with Crippen LogP contribution in [0.1, 0.15) is 5.56 Å². The Morgan fingerprint density at radius 3 is 3.12 bits per heavy atom. The van der Waals surface area contributed by atoms with Gasteiger partial charge in [-0.25, -0.2) is 9.79 Å². The number of carbonyl (C=O) groups excluding carboxylic acids is 1. The number of amidine groups is 1. The molecule has 1 aliphatic rings. The van der Waals surface area contributed by atoms with E-state index in [-0.39, 0.29) is 11.9 Å². The van der Waals surface area contributed by atoms with Crippen molar-refractivity contribution >= 4 is 34.8 Å². The lowest BCUT2D eigenvalue weighted by Crippen LogP contribution is -2.41. The van der Waals surface area contributed by atoms with Gasteiger partial charge in [-0.3, -0.25) is 4.90 Å². The number of nitrogens with one attached hydrogen (secondary N) is 1. The molecule has 1 aliphatic heterocycles. The van der Waals surface area contributed by atoms with Gasteiger partial charge in [0.15, 0.2) is 0 Å². The third-order valence-electron chi connectivity index (χ3n) is 2.57. The summed E-state index contributed by atoms with van der Waals surface area (Å²) < 4.78 is 0. The van der Waals surface area contributed by atoms with E-state index in [1.165, 1.54) is 0 Å². The lowest BCUT2D eigenvalue weighted by Gasteiger charge is -2.26. The number of rotatable bonds is 2. The van der Waals surface area contributed by atoms with Crippen LogP contribution >= 0.6 is 11.6 Å². The Bertz CT molecular complexity index is 486. The number of anilines is 1. The first-order valence-electron chi connectivity index (χ1n) is 5.15. The number of nitrogens with two attached hydrogens (primary N) is 1. The Balaban J connectivity index is 2.39. The molecule has 0 unspecified atom stereocenters. The average molecular weight is 253 g/mol. The van der Waals surface area contributed by atoms with Crippen molar-refractivity contribution in [2.45, 2.75) is 6.54 Å². The molecule has 90 valence electrons. The third-order valence-corrected chi connectivity index (χ3v) is 2.85. The topological polar surface area (TPSA) is 70.7 Å². The van der Waals surface area contributed by atoms with Crippen LogP contribution in [0.3, 0.4) is 0 Å². The van der Waals surface area contributed by atoms with Gasteiger partial charge in [-0.15, -0.1) is 11.6 Å². The second-order valence-corrected chi connectivity index (χ2v) is 4.03. The van der Waals surface area contributed by atoms with Crippen LogP contribution in [0.25, 0.3) is 0 Å². The maximum atomic E-state index is 11.5. The monoisotopic (exact) mass is 252 g/mol. The van der Waals surface area contributed by atoms with Crippen LogP contribution in [0, 0.1) is 0 Å². The van der Waals surface area contributed by atoms with Crippen molar-refractivity contribution < 1.29 is 4.79 Å². The normalized spacial score (nSPS) is 15.5. The molecule has 0 saturated carbocycles. The van der Waals surface area contributed by atoms with Gasteiger partial charge in [0, 0.05) is 13.6 Å². The van der Waals surface area contributed by atoms with Gasteiger partial charge in [-0.2, -0.15) is 0 Å². The molecule has 0 bridgehead atoms. The minimum Gasteiger partial charge on any atom is -0.386 e. The number of alkyl halides is 1. The van der Waals surface area contributed by atoms with E-state index in [0.29, 0.717) is 18.1 Å². The predicted octanol–water partition coefficient (Wildman–Crippen LogP) is 1.57. The number of halogens is 1. The number of hydrogen-bond donors (Lipinski definition) is 2. The van der Waals surface area contributed by atoms with Crippen molar-refractivity contribution in [2.24, 2.45) is 10.7 Å². The SMILES string of the molecule is CN1C(=O)NCc2ccc(N=C(N)CCl)cc21. The summed E-state index contributed by atoms with van der Waals surface area (Å²) in [6, 6.07) is 5.48. The summed E-state index contributed by atoms with van der Waals surface area (Å²) in [5, 5.41) is 2.76. The average Bonchev–Trinajstić information content (AvgIpc) is 2.34.